The van der Waals surface area contributed by atoms with Crippen molar-refractivity contribution in [2.24, 2.45) is 0 Å². The fraction of sp³-hybridized carbons (Fsp3) is 0. The Morgan fingerprint density at radius 2 is 2.08 bits per heavy atom. The molecule has 0 saturated carbocycles. The second-order valence-corrected chi connectivity index (χ2v) is 2.57. The van der Waals surface area contributed by atoms with Crippen LogP contribution in [0.3, 0.4) is 0 Å². The Kier molecular flexibility index (Phi) is 3.14. The third-order valence-electron chi connectivity index (χ3n) is 1.79. The van der Waals surface area contributed by atoms with E-state index in [1.165, 1.54) is 6.07 Å². The Balaban J connectivity index is 0.000000845. The minimum Gasteiger partial charge on any atom is -0.545 e. The molecule has 0 fully saturated rings. The number of benzene rings is 1. The van der Waals surface area contributed by atoms with E-state index in [1.807, 2.05) is 6.07 Å². The minimum absolute atomic E-state index is 0. The molecule has 2 aromatic rings. The molecule has 1 N–H and O–H groups in total. The molecule has 0 amide bonds. The number of nitrogens with one attached hydrogen (secondary N) is 1. The number of hydrogen-bond donors (Lipinski definition) is 1. The first-order valence-corrected chi connectivity index (χ1v) is 3.56. The number of carbonyl (C=O) groups is 1. The van der Waals surface area contributed by atoms with Crippen molar-refractivity contribution < 1.29 is 39.5 Å². The SMILES string of the molecule is O=C([O-])c1ccc2[nH]ccc2c1.[Na+]. The van der Waals surface area contributed by atoms with E-state index in [2.05, 4.69) is 4.98 Å². The van der Waals surface area contributed by atoms with Crippen molar-refractivity contribution in [3.63, 3.8) is 0 Å². The molecule has 0 aliphatic rings. The molecule has 0 aliphatic heterocycles. The van der Waals surface area contributed by atoms with E-state index in [0.717, 1.165) is 10.9 Å². The zero-order valence-corrected chi connectivity index (χ0v) is 9.20. The third-order valence-corrected chi connectivity index (χ3v) is 1.79. The number of aromatic carboxylic acids is 1. The van der Waals surface area contributed by atoms with Gasteiger partial charge in [0.15, 0.2) is 0 Å². The molecule has 0 unspecified atom stereocenters. The van der Waals surface area contributed by atoms with E-state index in [-0.39, 0.29) is 35.1 Å². The number of carboxylic acid groups (broad SMARTS) is 1. The van der Waals surface area contributed by atoms with Crippen LogP contribution in [-0.2, 0) is 0 Å². The normalized spacial score (nSPS) is 9.54. The van der Waals surface area contributed by atoms with Crippen LogP contribution >= 0.6 is 0 Å². The van der Waals surface area contributed by atoms with Gasteiger partial charge < -0.3 is 14.9 Å². The number of hydrogen-bond acceptors (Lipinski definition) is 2. The molecule has 0 saturated heterocycles. The zero-order chi connectivity index (χ0) is 8.55. The molecule has 0 spiro atoms. The van der Waals surface area contributed by atoms with Gasteiger partial charge in [-0.3, -0.25) is 0 Å². The van der Waals surface area contributed by atoms with Crippen LogP contribution in [0.5, 0.6) is 0 Å². The Hall–Kier alpha value is -0.770. The van der Waals surface area contributed by atoms with Crippen LogP contribution < -0.4 is 34.7 Å². The van der Waals surface area contributed by atoms with Crippen molar-refractivity contribution in [3.05, 3.63) is 36.0 Å². The first-order valence-electron chi connectivity index (χ1n) is 3.56. The average Bonchev–Trinajstić information content (AvgIpc) is 2.49. The molecule has 13 heavy (non-hydrogen) atoms. The molecule has 0 aliphatic carbocycles. The number of aromatic amines is 1. The number of rotatable bonds is 1. The van der Waals surface area contributed by atoms with Gasteiger partial charge >= 0.3 is 29.6 Å². The molecule has 0 radical (unpaired) electrons. The largest absolute Gasteiger partial charge is 1.00 e. The van der Waals surface area contributed by atoms with Crippen LogP contribution in [0.1, 0.15) is 10.4 Å². The van der Waals surface area contributed by atoms with Gasteiger partial charge in [-0.1, -0.05) is 6.07 Å². The van der Waals surface area contributed by atoms with Crippen LogP contribution in [-0.4, -0.2) is 11.0 Å². The molecular weight excluding hydrogens is 177 g/mol. The number of aromatic nitrogens is 1. The summed E-state index contributed by atoms with van der Waals surface area (Å²) in [6.07, 6.45) is 1.77. The Labute approximate surface area is 97.1 Å². The fourth-order valence-corrected chi connectivity index (χ4v) is 1.18. The molecule has 2 rings (SSSR count). The van der Waals surface area contributed by atoms with Gasteiger partial charge in [0, 0.05) is 17.1 Å². The maximum atomic E-state index is 10.4. The van der Waals surface area contributed by atoms with Gasteiger partial charge in [0.2, 0.25) is 0 Å². The average molecular weight is 183 g/mol. The van der Waals surface area contributed by atoms with Crippen molar-refractivity contribution in [1.29, 1.82) is 0 Å². The smallest absolute Gasteiger partial charge is 0.545 e. The second-order valence-electron chi connectivity index (χ2n) is 2.57. The Morgan fingerprint density at radius 1 is 1.31 bits per heavy atom. The second kappa shape index (κ2) is 3.96. The number of carboxylic acids is 1. The van der Waals surface area contributed by atoms with E-state index < -0.39 is 5.97 Å². The number of H-pyrrole nitrogens is 1. The van der Waals surface area contributed by atoms with Gasteiger partial charge in [0.1, 0.15) is 0 Å². The van der Waals surface area contributed by atoms with Crippen molar-refractivity contribution >= 4 is 16.9 Å². The summed E-state index contributed by atoms with van der Waals surface area (Å²) in [6.45, 7) is 0. The molecule has 60 valence electrons. The van der Waals surface area contributed by atoms with E-state index in [0.29, 0.717) is 0 Å². The topological polar surface area (TPSA) is 55.9 Å². The Bertz CT molecular complexity index is 436. The van der Waals surface area contributed by atoms with Gasteiger partial charge in [-0.2, -0.15) is 0 Å². The number of carbonyl (C=O) groups excluding carboxylic acids is 1. The molecule has 1 heterocycles. The molecule has 4 heteroatoms. The summed E-state index contributed by atoms with van der Waals surface area (Å²) < 4.78 is 0. The summed E-state index contributed by atoms with van der Waals surface area (Å²) in [6, 6.07) is 6.65. The predicted octanol–water partition coefficient (Wildman–Crippen LogP) is -2.46. The van der Waals surface area contributed by atoms with Crippen molar-refractivity contribution in [1.82, 2.24) is 4.98 Å². The van der Waals surface area contributed by atoms with Crippen molar-refractivity contribution in [2.75, 3.05) is 0 Å². The number of fused-ring (bicyclic) bond motifs is 1. The van der Waals surface area contributed by atoms with Gasteiger partial charge in [-0.15, -0.1) is 0 Å². The monoisotopic (exact) mass is 183 g/mol. The molecule has 0 atom stereocenters. The standard InChI is InChI=1S/C9H7NO2.Na/c11-9(12)7-1-2-8-6(5-7)3-4-10-8;/h1-5,10H,(H,11,12);/q;+1/p-1. The predicted molar refractivity (Wildman–Crippen MR) is 42.6 cm³/mol. The molecule has 3 nitrogen and oxygen atoms in total. The molecular formula is C9H6NNaO2. The zero-order valence-electron chi connectivity index (χ0n) is 7.20. The van der Waals surface area contributed by atoms with E-state index >= 15 is 0 Å². The maximum Gasteiger partial charge on any atom is 1.00 e. The van der Waals surface area contributed by atoms with E-state index in [9.17, 15) is 9.90 Å². The molecule has 0 bridgehead atoms. The van der Waals surface area contributed by atoms with Gasteiger partial charge in [-0.05, 0) is 23.8 Å². The van der Waals surface area contributed by atoms with Crippen LogP contribution in [0.2, 0.25) is 0 Å². The maximum absolute atomic E-state index is 10.4. The molecule has 1 aromatic carbocycles. The van der Waals surface area contributed by atoms with Gasteiger partial charge in [-0.25, -0.2) is 0 Å². The van der Waals surface area contributed by atoms with Crippen LogP contribution in [0, 0.1) is 0 Å². The summed E-state index contributed by atoms with van der Waals surface area (Å²) in [5.41, 5.74) is 1.14. The van der Waals surface area contributed by atoms with Crippen molar-refractivity contribution in [2.45, 2.75) is 0 Å². The summed E-state index contributed by atoms with van der Waals surface area (Å²) in [7, 11) is 0. The van der Waals surface area contributed by atoms with Crippen LogP contribution in [0.15, 0.2) is 30.5 Å². The van der Waals surface area contributed by atoms with Gasteiger partial charge in [0.05, 0.1) is 5.97 Å². The van der Waals surface area contributed by atoms with Gasteiger partial charge in [0.25, 0.3) is 0 Å². The Morgan fingerprint density at radius 3 is 2.77 bits per heavy atom. The van der Waals surface area contributed by atoms with E-state index in [4.69, 9.17) is 0 Å². The van der Waals surface area contributed by atoms with E-state index in [1.54, 1.807) is 18.3 Å². The summed E-state index contributed by atoms with van der Waals surface area (Å²) in [5.74, 6) is -1.14. The summed E-state index contributed by atoms with van der Waals surface area (Å²) >= 11 is 0. The fourth-order valence-electron chi connectivity index (χ4n) is 1.18. The third kappa shape index (κ3) is 1.94. The summed E-state index contributed by atoms with van der Waals surface area (Å²) in [4.78, 5) is 13.4. The quantitative estimate of drug-likeness (QED) is 0.498. The summed E-state index contributed by atoms with van der Waals surface area (Å²) in [5, 5.41) is 11.3. The first-order chi connectivity index (χ1) is 5.77. The van der Waals surface area contributed by atoms with Crippen molar-refractivity contribution in [3.8, 4) is 0 Å². The van der Waals surface area contributed by atoms with Crippen LogP contribution in [0.25, 0.3) is 10.9 Å². The van der Waals surface area contributed by atoms with Crippen LogP contribution in [0.4, 0.5) is 0 Å². The first kappa shape index (κ1) is 10.3. The minimum atomic E-state index is -1.14. The molecule has 1 aromatic heterocycles.